The van der Waals surface area contributed by atoms with E-state index in [2.05, 4.69) is 0 Å². The van der Waals surface area contributed by atoms with Crippen LogP contribution in [0.25, 0.3) is 0 Å². The smallest absolute Gasteiger partial charge is 0.122 e. The average molecular weight is 252 g/mol. The minimum absolute atomic E-state index is 0.164. The van der Waals surface area contributed by atoms with E-state index in [0.29, 0.717) is 17.9 Å². The molecule has 18 heavy (non-hydrogen) atoms. The summed E-state index contributed by atoms with van der Waals surface area (Å²) in [4.78, 5) is 0. The van der Waals surface area contributed by atoms with Crippen LogP contribution < -0.4 is 9.47 Å². The van der Waals surface area contributed by atoms with Crippen molar-refractivity contribution in [1.82, 2.24) is 0 Å². The van der Waals surface area contributed by atoms with Crippen molar-refractivity contribution in [3.8, 4) is 11.5 Å². The third-order valence-electron chi connectivity index (χ3n) is 3.27. The van der Waals surface area contributed by atoms with Crippen LogP contribution in [0.15, 0.2) is 18.2 Å². The molecule has 0 aliphatic carbocycles. The van der Waals surface area contributed by atoms with Crippen LogP contribution in [-0.4, -0.2) is 32.0 Å². The minimum Gasteiger partial charge on any atom is -0.497 e. The van der Waals surface area contributed by atoms with Crippen molar-refractivity contribution in [2.24, 2.45) is 0 Å². The SMILES string of the molecule is COc1cc(OC)cc(C(O)CC2CCCO2)c1. The zero-order valence-corrected chi connectivity index (χ0v) is 10.9. The zero-order valence-electron chi connectivity index (χ0n) is 10.9. The lowest BCUT2D eigenvalue weighted by Gasteiger charge is -2.17. The van der Waals surface area contributed by atoms with Gasteiger partial charge in [0.1, 0.15) is 11.5 Å². The van der Waals surface area contributed by atoms with Gasteiger partial charge in [-0.25, -0.2) is 0 Å². The number of hydrogen-bond donors (Lipinski definition) is 1. The van der Waals surface area contributed by atoms with Gasteiger partial charge in [-0.2, -0.15) is 0 Å². The van der Waals surface area contributed by atoms with E-state index in [1.165, 1.54) is 0 Å². The Kier molecular flexibility index (Phi) is 4.44. The van der Waals surface area contributed by atoms with Crippen LogP contribution in [0.3, 0.4) is 0 Å². The first kappa shape index (κ1) is 13.2. The van der Waals surface area contributed by atoms with Crippen LogP contribution >= 0.6 is 0 Å². The quantitative estimate of drug-likeness (QED) is 0.873. The van der Waals surface area contributed by atoms with Crippen LogP contribution in [0.4, 0.5) is 0 Å². The van der Waals surface area contributed by atoms with E-state index in [1.807, 2.05) is 12.1 Å². The second-order valence-electron chi connectivity index (χ2n) is 4.53. The van der Waals surface area contributed by atoms with E-state index in [1.54, 1.807) is 20.3 Å². The Labute approximate surface area is 107 Å². The lowest BCUT2D eigenvalue weighted by atomic mass is 10.0. The Hall–Kier alpha value is -1.26. The fourth-order valence-electron chi connectivity index (χ4n) is 2.24. The third kappa shape index (κ3) is 3.15. The molecule has 2 atom stereocenters. The summed E-state index contributed by atoms with van der Waals surface area (Å²) in [5.74, 6) is 1.38. The molecular weight excluding hydrogens is 232 g/mol. The van der Waals surface area contributed by atoms with Crippen LogP contribution in [-0.2, 0) is 4.74 Å². The molecule has 1 aromatic rings. The largest absolute Gasteiger partial charge is 0.497 e. The monoisotopic (exact) mass is 252 g/mol. The zero-order chi connectivity index (χ0) is 13.0. The second-order valence-corrected chi connectivity index (χ2v) is 4.53. The first-order valence-corrected chi connectivity index (χ1v) is 6.25. The highest BCUT2D eigenvalue weighted by molar-refractivity contribution is 5.39. The van der Waals surface area contributed by atoms with Gasteiger partial charge in [-0.1, -0.05) is 0 Å². The fourth-order valence-corrected chi connectivity index (χ4v) is 2.24. The van der Waals surface area contributed by atoms with Crippen molar-refractivity contribution in [1.29, 1.82) is 0 Å². The van der Waals surface area contributed by atoms with Crippen LogP contribution in [0.1, 0.15) is 30.9 Å². The molecule has 0 amide bonds. The maximum absolute atomic E-state index is 10.2. The normalized spacial score (nSPS) is 20.7. The number of rotatable bonds is 5. The molecule has 100 valence electrons. The van der Waals surface area contributed by atoms with Crippen molar-refractivity contribution in [2.45, 2.75) is 31.5 Å². The van der Waals surface area contributed by atoms with Crippen LogP contribution in [0.5, 0.6) is 11.5 Å². The summed E-state index contributed by atoms with van der Waals surface area (Å²) >= 11 is 0. The van der Waals surface area contributed by atoms with Crippen molar-refractivity contribution in [2.75, 3.05) is 20.8 Å². The van der Waals surface area contributed by atoms with Crippen molar-refractivity contribution in [3.63, 3.8) is 0 Å². The van der Waals surface area contributed by atoms with Gasteiger partial charge < -0.3 is 19.3 Å². The molecule has 1 aromatic carbocycles. The Morgan fingerprint density at radius 3 is 2.44 bits per heavy atom. The molecule has 2 rings (SSSR count). The van der Waals surface area contributed by atoms with Crippen LogP contribution in [0.2, 0.25) is 0 Å². The summed E-state index contributed by atoms with van der Waals surface area (Å²) < 4.78 is 15.9. The van der Waals surface area contributed by atoms with Crippen molar-refractivity contribution >= 4 is 0 Å². The van der Waals surface area contributed by atoms with Gasteiger partial charge >= 0.3 is 0 Å². The lowest BCUT2D eigenvalue weighted by Crippen LogP contribution is -2.11. The van der Waals surface area contributed by atoms with E-state index in [4.69, 9.17) is 14.2 Å². The van der Waals surface area contributed by atoms with E-state index in [0.717, 1.165) is 25.0 Å². The highest BCUT2D eigenvalue weighted by Crippen LogP contribution is 2.30. The van der Waals surface area contributed by atoms with Crippen molar-refractivity contribution < 1.29 is 19.3 Å². The van der Waals surface area contributed by atoms with Gasteiger partial charge in [0.05, 0.1) is 26.4 Å². The summed E-state index contributed by atoms with van der Waals surface area (Å²) in [6.45, 7) is 0.804. The van der Waals surface area contributed by atoms with Gasteiger partial charge in [-0.15, -0.1) is 0 Å². The molecule has 4 heteroatoms. The highest BCUT2D eigenvalue weighted by Gasteiger charge is 2.21. The fraction of sp³-hybridized carbons (Fsp3) is 0.571. The summed E-state index contributed by atoms with van der Waals surface area (Å²) in [7, 11) is 3.20. The molecule has 0 bridgehead atoms. The average Bonchev–Trinajstić information content (AvgIpc) is 2.90. The molecule has 0 aromatic heterocycles. The van der Waals surface area contributed by atoms with Gasteiger partial charge in [-0.05, 0) is 30.5 Å². The molecule has 1 aliphatic rings. The Bertz CT molecular complexity index is 363. The number of aliphatic hydroxyl groups is 1. The maximum atomic E-state index is 10.2. The van der Waals surface area contributed by atoms with E-state index in [-0.39, 0.29) is 6.10 Å². The molecule has 1 heterocycles. The Morgan fingerprint density at radius 2 is 1.94 bits per heavy atom. The molecule has 0 radical (unpaired) electrons. The van der Waals surface area contributed by atoms with Gasteiger partial charge in [0.25, 0.3) is 0 Å². The molecule has 1 N–H and O–H groups in total. The first-order valence-electron chi connectivity index (χ1n) is 6.25. The van der Waals surface area contributed by atoms with Gasteiger partial charge in [-0.3, -0.25) is 0 Å². The predicted molar refractivity (Wildman–Crippen MR) is 68.1 cm³/mol. The lowest BCUT2D eigenvalue weighted by molar-refractivity contribution is 0.0533. The summed E-state index contributed by atoms with van der Waals surface area (Å²) in [6.07, 6.45) is 2.35. The molecule has 1 saturated heterocycles. The van der Waals surface area contributed by atoms with Crippen molar-refractivity contribution in [3.05, 3.63) is 23.8 Å². The number of hydrogen-bond acceptors (Lipinski definition) is 4. The van der Waals surface area contributed by atoms with Gasteiger partial charge in [0.15, 0.2) is 0 Å². The number of benzene rings is 1. The molecule has 1 aliphatic heterocycles. The molecule has 0 saturated carbocycles. The number of ether oxygens (including phenoxy) is 3. The standard InChI is InChI=1S/C14H20O4/c1-16-12-6-10(7-13(8-12)17-2)14(15)9-11-4-3-5-18-11/h6-8,11,14-15H,3-5,9H2,1-2H3. The second kappa shape index (κ2) is 6.07. The number of aliphatic hydroxyl groups excluding tert-OH is 1. The molecule has 1 fully saturated rings. The molecular formula is C14H20O4. The summed E-state index contributed by atoms with van der Waals surface area (Å²) in [6, 6.07) is 5.46. The molecule has 4 nitrogen and oxygen atoms in total. The molecule has 0 spiro atoms. The van der Waals surface area contributed by atoms with E-state index < -0.39 is 6.10 Å². The maximum Gasteiger partial charge on any atom is 0.122 e. The van der Waals surface area contributed by atoms with E-state index in [9.17, 15) is 5.11 Å². The van der Waals surface area contributed by atoms with E-state index >= 15 is 0 Å². The summed E-state index contributed by atoms with van der Waals surface area (Å²) in [5, 5.41) is 10.2. The Balaban J connectivity index is 2.09. The number of methoxy groups -OCH3 is 2. The highest BCUT2D eigenvalue weighted by atomic mass is 16.5. The first-order chi connectivity index (χ1) is 8.72. The third-order valence-corrected chi connectivity index (χ3v) is 3.27. The topological polar surface area (TPSA) is 47.9 Å². The van der Waals surface area contributed by atoms with Gasteiger partial charge in [0, 0.05) is 19.1 Å². The van der Waals surface area contributed by atoms with Crippen LogP contribution in [0, 0.1) is 0 Å². The minimum atomic E-state index is -0.544. The van der Waals surface area contributed by atoms with Gasteiger partial charge in [0.2, 0.25) is 0 Å². The predicted octanol–water partition coefficient (Wildman–Crippen LogP) is 2.31. The molecule has 2 unspecified atom stereocenters. The summed E-state index contributed by atoms with van der Waals surface area (Å²) in [5.41, 5.74) is 0.807. The Morgan fingerprint density at radius 1 is 1.28 bits per heavy atom.